The summed E-state index contributed by atoms with van der Waals surface area (Å²) in [7, 11) is -4.99. The zero-order chi connectivity index (χ0) is 35.2. The van der Waals surface area contributed by atoms with Crippen LogP contribution in [-0.2, 0) is 31.8 Å². The van der Waals surface area contributed by atoms with Crippen molar-refractivity contribution in [3.63, 3.8) is 0 Å². The van der Waals surface area contributed by atoms with Crippen LogP contribution in [-0.4, -0.2) is 98.2 Å². The van der Waals surface area contributed by atoms with Crippen LogP contribution in [0.4, 0.5) is 10.1 Å². The standard InChI is InChI=1S/C32H44FN5O8S2/c1-22-17-38(23(2)20-39)32(40)28-16-26(35-47(41,42)31-19-36(4)21-34-31)11-14-29(28)46-24(3)8-6-7-15-45-30(22)18-37(5)48(43,44)27-12-9-25(33)10-13-27/h9-14,16,19,21-24,30,35,39H,6-8,15,17-18,20H2,1-5H3/t22-,23+,24-,30-/m0/s1. The van der Waals surface area contributed by atoms with Crippen LogP contribution in [0, 0.1) is 11.7 Å². The molecule has 0 fully saturated rings. The molecule has 1 aliphatic heterocycles. The molecular weight excluding hydrogens is 666 g/mol. The molecule has 48 heavy (non-hydrogen) atoms. The summed E-state index contributed by atoms with van der Waals surface area (Å²) in [5.41, 5.74) is 0.199. The van der Waals surface area contributed by atoms with Crippen molar-refractivity contribution < 1.29 is 40.6 Å². The zero-order valence-corrected chi connectivity index (χ0v) is 29.4. The lowest BCUT2D eigenvalue weighted by Gasteiger charge is -2.35. The van der Waals surface area contributed by atoms with E-state index in [1.807, 2.05) is 13.8 Å². The van der Waals surface area contributed by atoms with Crippen molar-refractivity contribution in [1.82, 2.24) is 18.8 Å². The van der Waals surface area contributed by atoms with Crippen LogP contribution in [0.25, 0.3) is 0 Å². The Morgan fingerprint density at radius 1 is 1.12 bits per heavy atom. The predicted molar refractivity (Wildman–Crippen MR) is 177 cm³/mol. The number of fused-ring (bicyclic) bond motifs is 1. The van der Waals surface area contributed by atoms with Crippen molar-refractivity contribution >= 4 is 31.6 Å². The predicted octanol–water partition coefficient (Wildman–Crippen LogP) is 3.48. The lowest BCUT2D eigenvalue weighted by atomic mass is 10.0. The van der Waals surface area contributed by atoms with Crippen LogP contribution in [0.5, 0.6) is 5.75 Å². The molecule has 0 aliphatic carbocycles. The van der Waals surface area contributed by atoms with Gasteiger partial charge >= 0.3 is 0 Å². The van der Waals surface area contributed by atoms with E-state index in [4.69, 9.17) is 9.47 Å². The Kier molecular flexibility index (Phi) is 12.2. The Bertz CT molecular complexity index is 1770. The molecule has 1 aromatic heterocycles. The van der Waals surface area contributed by atoms with E-state index >= 15 is 0 Å². The van der Waals surface area contributed by atoms with Gasteiger partial charge in [0.05, 0.1) is 41.6 Å². The number of nitrogens with zero attached hydrogens (tertiary/aromatic N) is 4. The second-order valence-electron chi connectivity index (χ2n) is 12.2. The first-order chi connectivity index (χ1) is 22.6. The highest BCUT2D eigenvalue weighted by Crippen LogP contribution is 2.29. The van der Waals surface area contributed by atoms with Gasteiger partial charge in [-0.1, -0.05) is 6.92 Å². The highest BCUT2D eigenvalue weighted by molar-refractivity contribution is 7.92. The third kappa shape index (κ3) is 9.11. The first-order valence-electron chi connectivity index (χ1n) is 15.7. The number of aliphatic hydroxyl groups excluding tert-OH is 1. The van der Waals surface area contributed by atoms with Crippen molar-refractivity contribution in [3.05, 3.63) is 66.4 Å². The van der Waals surface area contributed by atoms with Crippen molar-refractivity contribution in [2.24, 2.45) is 13.0 Å². The third-order valence-corrected chi connectivity index (χ3v) is 11.3. The largest absolute Gasteiger partial charge is 0.490 e. The van der Waals surface area contributed by atoms with Crippen LogP contribution in [0.1, 0.15) is 50.4 Å². The number of likely N-dealkylation sites (N-methyl/N-ethyl adjacent to an activating group) is 1. The Hall–Kier alpha value is -3.57. The molecule has 4 atom stereocenters. The molecule has 0 unspecified atom stereocenters. The minimum Gasteiger partial charge on any atom is -0.490 e. The summed E-state index contributed by atoms with van der Waals surface area (Å²) < 4.78 is 83.8. The van der Waals surface area contributed by atoms with Gasteiger partial charge in [-0.05, 0) is 75.6 Å². The normalized spacial score (nSPS) is 20.9. The Labute approximate surface area is 281 Å². The highest BCUT2D eigenvalue weighted by atomic mass is 32.2. The number of anilines is 1. The van der Waals surface area contributed by atoms with Crippen molar-refractivity contribution in [1.29, 1.82) is 0 Å². The summed E-state index contributed by atoms with van der Waals surface area (Å²) in [5.74, 6) is -1.24. The lowest BCUT2D eigenvalue weighted by molar-refractivity contribution is -0.00834. The molecular formula is C32H44FN5O8S2. The van der Waals surface area contributed by atoms with E-state index in [-0.39, 0.29) is 52.7 Å². The van der Waals surface area contributed by atoms with Gasteiger partial charge in [-0.25, -0.2) is 17.8 Å². The fraction of sp³-hybridized carbons (Fsp3) is 0.500. The second-order valence-corrected chi connectivity index (χ2v) is 15.9. The molecule has 0 saturated heterocycles. The van der Waals surface area contributed by atoms with E-state index in [0.717, 1.165) is 22.9 Å². The number of hydrogen-bond acceptors (Lipinski definition) is 9. The molecule has 1 aliphatic rings. The number of aromatic nitrogens is 2. The number of imidazole rings is 1. The fourth-order valence-corrected chi connectivity index (χ4v) is 7.54. The maximum Gasteiger partial charge on any atom is 0.280 e. The first-order valence-corrected chi connectivity index (χ1v) is 18.6. The summed E-state index contributed by atoms with van der Waals surface area (Å²) in [6, 6.07) is 8.34. The van der Waals surface area contributed by atoms with Gasteiger partial charge in [0, 0.05) is 51.6 Å². The Balaban J connectivity index is 1.67. The van der Waals surface area contributed by atoms with E-state index in [0.29, 0.717) is 19.4 Å². The number of ether oxygens (including phenoxy) is 2. The number of aliphatic hydroxyl groups is 1. The molecule has 2 heterocycles. The quantitative estimate of drug-likeness (QED) is 0.339. The summed E-state index contributed by atoms with van der Waals surface area (Å²) in [4.78, 5) is 19.6. The average Bonchev–Trinajstić information content (AvgIpc) is 3.49. The molecule has 0 spiro atoms. The SMILES string of the molecule is C[C@H](CO)N1C[C@H](C)[C@H](CN(C)S(=O)(=O)c2ccc(F)cc2)OCCCC[C@H](C)Oc2ccc(NS(=O)(=O)c3cn(C)cn3)cc2C1=O. The fourth-order valence-electron chi connectivity index (χ4n) is 5.32. The van der Waals surface area contributed by atoms with Gasteiger partial charge in [-0.3, -0.25) is 9.52 Å². The van der Waals surface area contributed by atoms with Gasteiger partial charge in [-0.2, -0.15) is 12.7 Å². The van der Waals surface area contributed by atoms with E-state index < -0.39 is 49.8 Å². The third-order valence-electron chi connectivity index (χ3n) is 8.22. The molecule has 4 rings (SSSR count). The van der Waals surface area contributed by atoms with Crippen LogP contribution >= 0.6 is 0 Å². The summed E-state index contributed by atoms with van der Waals surface area (Å²) in [5, 5.41) is 9.99. The van der Waals surface area contributed by atoms with Gasteiger partial charge in [-0.15, -0.1) is 0 Å². The molecule has 264 valence electrons. The van der Waals surface area contributed by atoms with Crippen LogP contribution in [0.2, 0.25) is 0 Å². The molecule has 2 N–H and O–H groups in total. The summed E-state index contributed by atoms with van der Waals surface area (Å²) in [6.07, 6.45) is 3.78. The van der Waals surface area contributed by atoms with E-state index in [2.05, 4.69) is 9.71 Å². The number of carbonyl (C=O) groups excluding carboxylic acids is 1. The van der Waals surface area contributed by atoms with Crippen LogP contribution < -0.4 is 9.46 Å². The van der Waals surface area contributed by atoms with Crippen molar-refractivity contribution in [2.75, 3.05) is 38.1 Å². The maximum absolute atomic E-state index is 14.3. The van der Waals surface area contributed by atoms with Crippen LogP contribution in [0.3, 0.4) is 0 Å². The van der Waals surface area contributed by atoms with Gasteiger partial charge < -0.3 is 24.0 Å². The molecule has 0 saturated carbocycles. The summed E-state index contributed by atoms with van der Waals surface area (Å²) >= 11 is 0. The molecule has 1 amide bonds. The van der Waals surface area contributed by atoms with Gasteiger partial charge in [0.1, 0.15) is 11.6 Å². The first kappa shape index (κ1) is 37.3. The van der Waals surface area contributed by atoms with Crippen LogP contribution in [0.15, 0.2) is 64.9 Å². The van der Waals surface area contributed by atoms with Gasteiger partial charge in [0.2, 0.25) is 10.0 Å². The number of aryl methyl sites for hydroxylation is 1. The molecule has 2 aromatic carbocycles. The average molecular weight is 710 g/mol. The second kappa shape index (κ2) is 15.8. The molecule has 3 aromatic rings. The number of rotatable bonds is 9. The van der Waals surface area contributed by atoms with E-state index in [1.165, 1.54) is 59.4 Å². The number of nitrogens with one attached hydrogen (secondary N) is 1. The van der Waals surface area contributed by atoms with E-state index in [9.17, 15) is 31.1 Å². The Morgan fingerprint density at radius 2 is 1.83 bits per heavy atom. The molecule has 13 nitrogen and oxygen atoms in total. The monoisotopic (exact) mass is 709 g/mol. The molecule has 0 radical (unpaired) electrons. The minimum absolute atomic E-state index is 0.0496. The lowest BCUT2D eigenvalue weighted by Crippen LogP contribution is -2.48. The maximum atomic E-state index is 14.3. The number of halogens is 1. The Morgan fingerprint density at radius 3 is 2.48 bits per heavy atom. The number of amides is 1. The van der Waals surface area contributed by atoms with Gasteiger partial charge in [0.15, 0.2) is 5.03 Å². The van der Waals surface area contributed by atoms with Crippen molar-refractivity contribution in [3.8, 4) is 5.75 Å². The number of sulfonamides is 2. The minimum atomic E-state index is -4.07. The smallest absolute Gasteiger partial charge is 0.280 e. The zero-order valence-electron chi connectivity index (χ0n) is 27.7. The number of hydrogen-bond donors (Lipinski definition) is 2. The highest BCUT2D eigenvalue weighted by Gasteiger charge is 2.33. The molecule has 16 heteroatoms. The summed E-state index contributed by atoms with van der Waals surface area (Å²) in [6.45, 7) is 5.35. The van der Waals surface area contributed by atoms with Crippen molar-refractivity contribution in [2.45, 2.75) is 68.2 Å². The topological polar surface area (TPSA) is 160 Å². The molecule has 0 bridgehead atoms. The number of carbonyl (C=O) groups is 1. The van der Waals surface area contributed by atoms with E-state index in [1.54, 1.807) is 14.0 Å². The van der Waals surface area contributed by atoms with Gasteiger partial charge in [0.25, 0.3) is 15.9 Å². The number of benzene rings is 2.